The van der Waals surface area contributed by atoms with Crippen LogP contribution in [0.1, 0.15) is 6.92 Å². The number of nitrogens with zero attached hydrogens (tertiary/aromatic N) is 1. The zero-order valence-corrected chi connectivity index (χ0v) is 10.4. The number of amides is 2. The van der Waals surface area contributed by atoms with Crippen molar-refractivity contribution in [3.05, 3.63) is 24.3 Å². The van der Waals surface area contributed by atoms with Crippen molar-refractivity contribution in [3.63, 3.8) is 0 Å². The van der Waals surface area contributed by atoms with Crippen molar-refractivity contribution >= 4 is 29.1 Å². The van der Waals surface area contributed by atoms with Crippen LogP contribution in [-0.4, -0.2) is 30.5 Å². The van der Waals surface area contributed by atoms with Gasteiger partial charge in [0, 0.05) is 0 Å². The van der Waals surface area contributed by atoms with Gasteiger partial charge in [-0.05, 0) is 19.1 Å². The molecule has 1 saturated heterocycles. The quantitative estimate of drug-likeness (QED) is 0.445. The minimum absolute atomic E-state index is 0.164. The lowest BCUT2D eigenvalue weighted by Gasteiger charge is -2.16. The van der Waals surface area contributed by atoms with Gasteiger partial charge in [-0.15, -0.1) is 0 Å². The Hall–Kier alpha value is -2.50. The summed E-state index contributed by atoms with van der Waals surface area (Å²) in [6.07, 6.45) is 0. The maximum absolute atomic E-state index is 12.0. The highest BCUT2D eigenvalue weighted by molar-refractivity contribution is 6.59. The number of para-hydroxylation sites is 2. The lowest BCUT2D eigenvalue weighted by Crippen LogP contribution is -2.32. The first kappa shape index (κ1) is 12.9. The van der Waals surface area contributed by atoms with Crippen LogP contribution in [0.4, 0.5) is 5.69 Å². The predicted molar refractivity (Wildman–Crippen MR) is 64.7 cm³/mol. The predicted octanol–water partition coefficient (Wildman–Crippen LogP) is 0.343. The molecule has 0 saturated carbocycles. The Morgan fingerprint density at radius 3 is 2.37 bits per heavy atom. The molecule has 1 heterocycles. The van der Waals surface area contributed by atoms with E-state index in [4.69, 9.17) is 4.74 Å². The Bertz CT molecular complexity index is 592. The zero-order chi connectivity index (χ0) is 14.2. The van der Waals surface area contributed by atoms with Gasteiger partial charge in [0.2, 0.25) is 5.78 Å². The van der Waals surface area contributed by atoms with Crippen molar-refractivity contribution < 1.29 is 23.9 Å². The first-order valence-electron chi connectivity index (χ1n) is 5.54. The van der Waals surface area contributed by atoms with E-state index in [2.05, 4.69) is 0 Å². The number of anilines is 1. The molecule has 1 unspecified atom stereocenters. The Morgan fingerprint density at radius 2 is 1.84 bits per heavy atom. The number of carbonyl (C=O) groups excluding carboxylic acids is 4. The average Bonchev–Trinajstić information content (AvgIpc) is 2.60. The molecular weight excluding hydrogens is 250 g/mol. The van der Waals surface area contributed by atoms with Gasteiger partial charge in [0.25, 0.3) is 5.91 Å². The molecule has 0 bridgehead atoms. The maximum atomic E-state index is 12.0. The van der Waals surface area contributed by atoms with E-state index < -0.39 is 29.3 Å². The third-order valence-corrected chi connectivity index (χ3v) is 2.88. The fourth-order valence-corrected chi connectivity index (χ4v) is 1.98. The largest absolute Gasteiger partial charge is 0.495 e. The van der Waals surface area contributed by atoms with E-state index >= 15 is 0 Å². The minimum Gasteiger partial charge on any atom is -0.495 e. The molecule has 1 atom stereocenters. The van der Waals surface area contributed by atoms with Gasteiger partial charge in [0.15, 0.2) is 5.92 Å². The van der Waals surface area contributed by atoms with Gasteiger partial charge in [0.05, 0.1) is 12.8 Å². The standard InChI is InChI=1S/C13H11NO5/c1-7(15)10-11(16)13(18)14(12(10)17)8-5-3-4-6-9(8)19-2/h3-6,10H,1-2H3. The Kier molecular flexibility index (Phi) is 3.16. The summed E-state index contributed by atoms with van der Waals surface area (Å²) in [5, 5.41) is 0. The maximum Gasteiger partial charge on any atom is 0.302 e. The van der Waals surface area contributed by atoms with Crippen molar-refractivity contribution in [2.75, 3.05) is 12.0 Å². The second-order valence-corrected chi connectivity index (χ2v) is 4.06. The van der Waals surface area contributed by atoms with E-state index in [9.17, 15) is 19.2 Å². The summed E-state index contributed by atoms with van der Waals surface area (Å²) in [6, 6.07) is 6.30. The van der Waals surface area contributed by atoms with Crippen LogP contribution in [0.15, 0.2) is 24.3 Å². The molecule has 0 radical (unpaired) electrons. The molecule has 1 fully saturated rings. The summed E-state index contributed by atoms with van der Waals surface area (Å²) in [7, 11) is 1.38. The molecule has 2 rings (SSSR count). The number of hydrogen-bond donors (Lipinski definition) is 0. The van der Waals surface area contributed by atoms with E-state index in [0.717, 1.165) is 6.92 Å². The molecule has 6 nitrogen and oxygen atoms in total. The summed E-state index contributed by atoms with van der Waals surface area (Å²) in [4.78, 5) is 47.6. The van der Waals surface area contributed by atoms with Crippen molar-refractivity contribution in [2.45, 2.75) is 6.92 Å². The number of methoxy groups -OCH3 is 1. The number of ketones is 2. The number of ether oxygens (including phenoxy) is 1. The molecule has 1 aromatic rings. The molecule has 0 aromatic heterocycles. The van der Waals surface area contributed by atoms with Gasteiger partial charge in [0.1, 0.15) is 11.5 Å². The summed E-state index contributed by atoms with van der Waals surface area (Å²) >= 11 is 0. The SMILES string of the molecule is COc1ccccc1N1C(=O)C(=O)C(C(C)=O)C1=O. The molecule has 1 aliphatic heterocycles. The number of imide groups is 1. The number of hydrogen-bond acceptors (Lipinski definition) is 5. The monoisotopic (exact) mass is 261 g/mol. The topological polar surface area (TPSA) is 80.8 Å². The van der Waals surface area contributed by atoms with E-state index in [-0.39, 0.29) is 11.4 Å². The van der Waals surface area contributed by atoms with Gasteiger partial charge in [-0.25, -0.2) is 4.90 Å². The van der Waals surface area contributed by atoms with Crippen molar-refractivity contribution in [1.29, 1.82) is 0 Å². The highest BCUT2D eigenvalue weighted by atomic mass is 16.5. The number of rotatable bonds is 3. The average molecular weight is 261 g/mol. The van der Waals surface area contributed by atoms with Gasteiger partial charge in [-0.2, -0.15) is 0 Å². The number of carbonyl (C=O) groups is 4. The van der Waals surface area contributed by atoms with Gasteiger partial charge >= 0.3 is 5.91 Å². The first-order chi connectivity index (χ1) is 8.99. The molecule has 0 spiro atoms. The summed E-state index contributed by atoms with van der Waals surface area (Å²) < 4.78 is 5.04. The molecule has 0 aliphatic carbocycles. The first-order valence-corrected chi connectivity index (χ1v) is 5.54. The lowest BCUT2D eigenvalue weighted by atomic mass is 10.0. The van der Waals surface area contributed by atoms with Gasteiger partial charge in [-0.1, -0.05) is 12.1 Å². The summed E-state index contributed by atoms with van der Waals surface area (Å²) in [5.41, 5.74) is 0.164. The minimum atomic E-state index is -1.53. The molecule has 19 heavy (non-hydrogen) atoms. The molecule has 98 valence electrons. The van der Waals surface area contributed by atoms with E-state index in [0.29, 0.717) is 4.90 Å². The third kappa shape index (κ3) is 1.91. The summed E-state index contributed by atoms with van der Waals surface area (Å²) in [5.74, 6) is -4.72. The van der Waals surface area contributed by atoms with Gasteiger partial charge < -0.3 is 4.74 Å². The van der Waals surface area contributed by atoms with Gasteiger partial charge in [-0.3, -0.25) is 19.2 Å². The van der Waals surface area contributed by atoms with E-state index in [1.54, 1.807) is 18.2 Å². The molecule has 6 heteroatoms. The van der Waals surface area contributed by atoms with Crippen LogP contribution in [0.3, 0.4) is 0 Å². The van der Waals surface area contributed by atoms with Crippen LogP contribution >= 0.6 is 0 Å². The van der Waals surface area contributed by atoms with Crippen LogP contribution in [0.2, 0.25) is 0 Å². The molecular formula is C13H11NO5. The van der Waals surface area contributed by atoms with Crippen molar-refractivity contribution in [1.82, 2.24) is 0 Å². The van der Waals surface area contributed by atoms with Crippen molar-refractivity contribution in [2.24, 2.45) is 5.92 Å². The van der Waals surface area contributed by atoms with E-state index in [1.165, 1.54) is 13.2 Å². The van der Waals surface area contributed by atoms with Crippen LogP contribution < -0.4 is 9.64 Å². The fourth-order valence-electron chi connectivity index (χ4n) is 1.98. The lowest BCUT2D eigenvalue weighted by molar-refractivity contribution is -0.139. The molecule has 1 aromatic carbocycles. The Labute approximate surface area is 108 Å². The molecule has 0 N–H and O–H groups in total. The second kappa shape index (κ2) is 4.64. The highest BCUT2D eigenvalue weighted by Crippen LogP contribution is 2.32. The Morgan fingerprint density at radius 1 is 1.21 bits per heavy atom. The zero-order valence-electron chi connectivity index (χ0n) is 10.4. The van der Waals surface area contributed by atoms with Crippen LogP contribution in [-0.2, 0) is 19.2 Å². The van der Waals surface area contributed by atoms with Crippen molar-refractivity contribution in [3.8, 4) is 5.75 Å². The smallest absolute Gasteiger partial charge is 0.302 e. The van der Waals surface area contributed by atoms with Crippen LogP contribution in [0.5, 0.6) is 5.75 Å². The molecule has 1 aliphatic rings. The van der Waals surface area contributed by atoms with Crippen LogP contribution in [0, 0.1) is 5.92 Å². The fraction of sp³-hybridized carbons (Fsp3) is 0.231. The second-order valence-electron chi connectivity index (χ2n) is 4.06. The van der Waals surface area contributed by atoms with Crippen LogP contribution in [0.25, 0.3) is 0 Å². The number of benzene rings is 1. The number of Topliss-reactive ketones (excluding diaryl/α,β-unsaturated/α-hetero) is 2. The summed E-state index contributed by atoms with van der Waals surface area (Å²) in [6.45, 7) is 1.11. The highest BCUT2D eigenvalue weighted by Gasteiger charge is 2.50. The normalized spacial score (nSPS) is 18.9. The van der Waals surface area contributed by atoms with E-state index in [1.807, 2.05) is 0 Å². The third-order valence-electron chi connectivity index (χ3n) is 2.88. The Balaban J connectivity index is 2.52. The molecule has 2 amide bonds.